The Hall–Kier alpha value is -1.00. The third kappa shape index (κ3) is 3.27. The van der Waals surface area contributed by atoms with Crippen LogP contribution in [0.4, 0.5) is 4.39 Å². The van der Waals surface area contributed by atoms with Gasteiger partial charge in [-0.05, 0) is 37.8 Å². The summed E-state index contributed by atoms with van der Waals surface area (Å²) in [5.74, 6) is 0.369. The Kier molecular flexibility index (Phi) is 4.30. The maximum atomic E-state index is 12.7. The fourth-order valence-corrected chi connectivity index (χ4v) is 2.72. The zero-order chi connectivity index (χ0) is 13.1. The van der Waals surface area contributed by atoms with Gasteiger partial charge in [0.15, 0.2) is 0 Å². The molecular weight excluding hydrogens is 231 g/mol. The van der Waals surface area contributed by atoms with Crippen molar-refractivity contribution >= 4 is 0 Å². The van der Waals surface area contributed by atoms with Crippen LogP contribution in [0.1, 0.15) is 38.5 Å². The lowest BCUT2D eigenvalue weighted by Crippen LogP contribution is -2.29. The molecule has 1 aliphatic rings. The summed E-state index contributed by atoms with van der Waals surface area (Å²) < 4.78 is 12.7. The molecule has 1 aliphatic heterocycles. The van der Waals surface area contributed by atoms with Crippen molar-refractivity contribution in [1.82, 2.24) is 9.88 Å². The topological polar surface area (TPSA) is 36.4 Å². The van der Waals surface area contributed by atoms with Crippen molar-refractivity contribution in [2.75, 3.05) is 13.1 Å². The van der Waals surface area contributed by atoms with Gasteiger partial charge in [-0.15, -0.1) is 0 Å². The number of aromatic nitrogens is 1. The lowest BCUT2D eigenvalue weighted by molar-refractivity contribution is 0.135. The van der Waals surface area contributed by atoms with E-state index in [1.54, 1.807) is 6.07 Å². The Morgan fingerprint density at radius 3 is 2.83 bits per heavy atom. The molecule has 0 saturated carbocycles. The first kappa shape index (κ1) is 13.4. The molecule has 0 spiro atoms. The van der Waals surface area contributed by atoms with E-state index in [4.69, 9.17) is 0 Å². The van der Waals surface area contributed by atoms with Gasteiger partial charge < -0.3 is 10.0 Å². The zero-order valence-corrected chi connectivity index (χ0v) is 11.0. The monoisotopic (exact) mass is 252 g/mol. The Morgan fingerprint density at radius 2 is 2.28 bits per heavy atom. The third-order valence-corrected chi connectivity index (χ3v) is 3.69. The Morgan fingerprint density at radius 1 is 1.50 bits per heavy atom. The van der Waals surface area contributed by atoms with E-state index in [0.29, 0.717) is 18.2 Å². The van der Waals surface area contributed by atoms with Crippen LogP contribution in [-0.2, 0) is 0 Å². The number of hydrogen-bond donors (Lipinski definition) is 1. The van der Waals surface area contributed by atoms with E-state index < -0.39 is 6.10 Å². The fraction of sp³-hybridized carbons (Fsp3) is 0.643. The van der Waals surface area contributed by atoms with Gasteiger partial charge in [-0.2, -0.15) is 0 Å². The first-order valence-corrected chi connectivity index (χ1v) is 6.60. The zero-order valence-electron chi connectivity index (χ0n) is 11.0. The van der Waals surface area contributed by atoms with Crippen molar-refractivity contribution < 1.29 is 9.50 Å². The summed E-state index contributed by atoms with van der Waals surface area (Å²) in [5.41, 5.74) is 0.552. The van der Waals surface area contributed by atoms with E-state index in [1.807, 2.05) is 0 Å². The normalized spacial score (nSPS) is 26.4. The quantitative estimate of drug-likeness (QED) is 0.893. The highest BCUT2D eigenvalue weighted by Gasteiger charge is 2.26. The van der Waals surface area contributed by atoms with Crippen LogP contribution < -0.4 is 0 Å². The standard InChI is InChI=1S/C14H21FN2O/c1-10-7-11(2)17(9-10)6-5-14(18)13-4-3-12(15)8-16-13/h3-4,8,10-11,14,18H,5-7,9H2,1-2H3. The first-order chi connectivity index (χ1) is 8.56. The van der Waals surface area contributed by atoms with Crippen LogP contribution in [0, 0.1) is 11.7 Å². The van der Waals surface area contributed by atoms with Crippen molar-refractivity contribution in [2.24, 2.45) is 5.92 Å². The molecule has 3 atom stereocenters. The van der Waals surface area contributed by atoms with Crippen molar-refractivity contribution in [3.63, 3.8) is 0 Å². The number of aliphatic hydroxyl groups excluding tert-OH is 1. The molecule has 0 radical (unpaired) electrons. The first-order valence-electron chi connectivity index (χ1n) is 6.60. The Bertz CT molecular complexity index is 382. The molecule has 1 N–H and O–H groups in total. The Labute approximate surface area is 108 Å². The van der Waals surface area contributed by atoms with Gasteiger partial charge in [-0.25, -0.2) is 4.39 Å². The van der Waals surface area contributed by atoms with Gasteiger partial charge in [0, 0.05) is 19.1 Å². The van der Waals surface area contributed by atoms with Crippen LogP contribution in [0.15, 0.2) is 18.3 Å². The van der Waals surface area contributed by atoms with Gasteiger partial charge in [-0.1, -0.05) is 6.92 Å². The fourth-order valence-electron chi connectivity index (χ4n) is 2.72. The highest BCUT2D eigenvalue weighted by Crippen LogP contribution is 2.24. The van der Waals surface area contributed by atoms with Gasteiger partial charge in [0.2, 0.25) is 0 Å². The van der Waals surface area contributed by atoms with E-state index in [1.165, 1.54) is 12.5 Å². The minimum atomic E-state index is -0.603. The Balaban J connectivity index is 1.84. The average molecular weight is 252 g/mol. The minimum absolute atomic E-state index is 0.368. The molecule has 4 heteroatoms. The molecule has 2 heterocycles. The van der Waals surface area contributed by atoms with E-state index in [-0.39, 0.29) is 5.82 Å². The largest absolute Gasteiger partial charge is 0.387 e. The highest BCUT2D eigenvalue weighted by molar-refractivity contribution is 5.08. The van der Waals surface area contributed by atoms with Gasteiger partial charge >= 0.3 is 0 Å². The predicted octanol–water partition coefficient (Wildman–Crippen LogP) is 2.37. The maximum Gasteiger partial charge on any atom is 0.141 e. The molecule has 1 saturated heterocycles. The lowest BCUT2D eigenvalue weighted by atomic mass is 10.1. The smallest absolute Gasteiger partial charge is 0.141 e. The lowest BCUT2D eigenvalue weighted by Gasteiger charge is -2.22. The van der Waals surface area contributed by atoms with E-state index in [9.17, 15) is 9.50 Å². The molecule has 3 unspecified atom stereocenters. The number of hydrogen-bond acceptors (Lipinski definition) is 3. The van der Waals surface area contributed by atoms with Gasteiger partial charge in [0.1, 0.15) is 5.82 Å². The number of likely N-dealkylation sites (tertiary alicyclic amines) is 1. The molecule has 1 aromatic heterocycles. The molecule has 18 heavy (non-hydrogen) atoms. The predicted molar refractivity (Wildman–Crippen MR) is 68.6 cm³/mol. The summed E-state index contributed by atoms with van der Waals surface area (Å²) in [5, 5.41) is 10.0. The molecule has 1 fully saturated rings. The summed E-state index contributed by atoms with van der Waals surface area (Å²) >= 11 is 0. The minimum Gasteiger partial charge on any atom is -0.387 e. The molecule has 0 amide bonds. The summed E-state index contributed by atoms with van der Waals surface area (Å²) in [4.78, 5) is 6.31. The number of halogens is 1. The number of nitrogens with zero attached hydrogens (tertiary/aromatic N) is 2. The van der Waals surface area contributed by atoms with Crippen LogP contribution in [-0.4, -0.2) is 34.1 Å². The maximum absolute atomic E-state index is 12.7. The second kappa shape index (κ2) is 5.76. The van der Waals surface area contributed by atoms with Crippen LogP contribution in [0.25, 0.3) is 0 Å². The van der Waals surface area contributed by atoms with Gasteiger partial charge in [0.05, 0.1) is 18.0 Å². The number of aliphatic hydroxyl groups is 1. The summed E-state index contributed by atoms with van der Waals surface area (Å²) in [6.45, 7) is 6.46. The molecule has 0 aromatic carbocycles. The summed E-state index contributed by atoms with van der Waals surface area (Å²) in [7, 11) is 0. The molecule has 2 rings (SSSR count). The van der Waals surface area contributed by atoms with Crippen LogP contribution in [0.5, 0.6) is 0 Å². The van der Waals surface area contributed by atoms with Gasteiger partial charge in [-0.3, -0.25) is 4.98 Å². The third-order valence-electron chi connectivity index (χ3n) is 3.69. The summed E-state index contributed by atoms with van der Waals surface area (Å²) in [6.07, 6.45) is 2.42. The van der Waals surface area contributed by atoms with Crippen molar-refractivity contribution in [1.29, 1.82) is 0 Å². The van der Waals surface area contributed by atoms with Crippen LogP contribution >= 0.6 is 0 Å². The summed E-state index contributed by atoms with van der Waals surface area (Å²) in [6, 6.07) is 3.48. The molecule has 0 bridgehead atoms. The molecule has 100 valence electrons. The second-order valence-corrected chi connectivity index (χ2v) is 5.39. The van der Waals surface area contributed by atoms with Gasteiger partial charge in [0.25, 0.3) is 0 Å². The van der Waals surface area contributed by atoms with Crippen LogP contribution in [0.2, 0.25) is 0 Å². The second-order valence-electron chi connectivity index (χ2n) is 5.39. The molecule has 3 nitrogen and oxygen atoms in total. The van der Waals surface area contributed by atoms with Crippen molar-refractivity contribution in [2.45, 2.75) is 38.8 Å². The van der Waals surface area contributed by atoms with Crippen LogP contribution in [0.3, 0.4) is 0 Å². The van der Waals surface area contributed by atoms with E-state index >= 15 is 0 Å². The molecule has 1 aromatic rings. The average Bonchev–Trinajstić information content (AvgIpc) is 2.66. The molecular formula is C14H21FN2O. The van der Waals surface area contributed by atoms with Crippen molar-refractivity contribution in [3.05, 3.63) is 29.8 Å². The van der Waals surface area contributed by atoms with E-state index in [0.717, 1.165) is 25.2 Å². The number of pyridine rings is 1. The number of rotatable bonds is 4. The van der Waals surface area contributed by atoms with E-state index in [2.05, 4.69) is 23.7 Å². The van der Waals surface area contributed by atoms with Crippen molar-refractivity contribution in [3.8, 4) is 0 Å². The SMILES string of the molecule is CC1CC(C)N(CCC(O)c2ccc(F)cn2)C1. The highest BCUT2D eigenvalue weighted by atomic mass is 19.1. The molecule has 0 aliphatic carbocycles.